The lowest BCUT2D eigenvalue weighted by Crippen LogP contribution is -2.23. The largest absolute Gasteiger partial charge is 0.481 e. The Morgan fingerprint density at radius 1 is 0.571 bits per heavy atom. The van der Waals surface area contributed by atoms with Crippen LogP contribution in [0.25, 0.3) is 0 Å². The molecule has 0 heterocycles. The highest BCUT2D eigenvalue weighted by atomic mass is 16.5. The first-order valence-corrected chi connectivity index (χ1v) is 17.3. The topological polar surface area (TPSA) is 145 Å². The average molecular weight is 605 g/mol. The quantitative estimate of drug-likeness (QED) is 0.0423. The monoisotopic (exact) mass is 604 g/mol. The molecule has 5 N–H and O–H groups in total. The van der Waals surface area contributed by atoms with Gasteiger partial charge in [0, 0.05) is 6.42 Å². The van der Waals surface area contributed by atoms with Gasteiger partial charge in [-0.2, -0.15) is 0 Å². The van der Waals surface area contributed by atoms with E-state index in [9.17, 15) is 14.7 Å². The Labute approximate surface area is 257 Å². The van der Waals surface area contributed by atoms with Gasteiger partial charge in [-0.3, -0.25) is 9.59 Å². The third kappa shape index (κ3) is 33.3. The summed E-state index contributed by atoms with van der Waals surface area (Å²) in [6.45, 7) is 3.63. The SMILES string of the molecule is CCCCCCCCCCCCC(CC(O)CO)C(=O)O.CCCCCCCCCCCCCC(=O)OCC(O)CO. The molecule has 0 amide bonds. The summed E-state index contributed by atoms with van der Waals surface area (Å²) in [7, 11) is 0. The fraction of sp³-hybridized carbons (Fsp3) is 0.941. The predicted octanol–water partition coefficient (Wildman–Crippen LogP) is 7.33. The molecule has 0 radical (unpaired) electrons. The summed E-state index contributed by atoms with van der Waals surface area (Å²) < 4.78 is 4.84. The van der Waals surface area contributed by atoms with Gasteiger partial charge in [-0.1, -0.05) is 142 Å². The van der Waals surface area contributed by atoms with Crippen LogP contribution in [0.1, 0.15) is 168 Å². The lowest BCUT2D eigenvalue weighted by Gasteiger charge is -2.15. The molecular weight excluding hydrogens is 536 g/mol. The molecule has 0 rings (SSSR count). The zero-order chi connectivity index (χ0) is 31.7. The van der Waals surface area contributed by atoms with Crippen LogP contribution in [-0.4, -0.2) is 69.5 Å². The van der Waals surface area contributed by atoms with E-state index in [2.05, 4.69) is 13.8 Å². The van der Waals surface area contributed by atoms with E-state index in [1.807, 2.05) is 0 Å². The van der Waals surface area contributed by atoms with Gasteiger partial charge >= 0.3 is 11.9 Å². The Morgan fingerprint density at radius 3 is 1.33 bits per heavy atom. The van der Waals surface area contributed by atoms with Crippen LogP contribution in [-0.2, 0) is 14.3 Å². The molecule has 0 aromatic carbocycles. The number of carboxylic acids is 1. The molecule has 0 saturated carbocycles. The molecule has 42 heavy (non-hydrogen) atoms. The van der Waals surface area contributed by atoms with Gasteiger partial charge in [0.25, 0.3) is 0 Å². The molecule has 0 aromatic heterocycles. The number of aliphatic carboxylic acids is 1. The van der Waals surface area contributed by atoms with Gasteiger partial charge < -0.3 is 30.3 Å². The molecule has 0 aliphatic carbocycles. The third-order valence-electron chi connectivity index (χ3n) is 7.65. The molecular formula is C34H68O8. The van der Waals surface area contributed by atoms with Crippen LogP contribution in [0, 0.1) is 5.92 Å². The van der Waals surface area contributed by atoms with Crippen LogP contribution in [0.15, 0.2) is 0 Å². The van der Waals surface area contributed by atoms with E-state index in [0.717, 1.165) is 25.7 Å². The van der Waals surface area contributed by atoms with Crippen LogP contribution < -0.4 is 0 Å². The maximum atomic E-state index is 11.3. The van der Waals surface area contributed by atoms with E-state index in [1.54, 1.807) is 0 Å². The molecule has 8 heteroatoms. The summed E-state index contributed by atoms with van der Waals surface area (Å²) in [5.74, 6) is -1.67. The highest BCUT2D eigenvalue weighted by molar-refractivity contribution is 5.70. The minimum atomic E-state index is -0.953. The number of carbonyl (C=O) groups excluding carboxylic acids is 1. The normalized spacial score (nSPS) is 13.2. The third-order valence-corrected chi connectivity index (χ3v) is 7.65. The molecule has 0 bridgehead atoms. The number of carboxylic acid groups (broad SMARTS) is 1. The van der Waals surface area contributed by atoms with Gasteiger partial charge in [-0.05, 0) is 19.3 Å². The van der Waals surface area contributed by atoms with E-state index < -0.39 is 24.1 Å². The van der Waals surface area contributed by atoms with Crippen molar-refractivity contribution >= 4 is 11.9 Å². The summed E-state index contributed by atoms with van der Waals surface area (Å²) >= 11 is 0. The number of esters is 1. The fourth-order valence-corrected chi connectivity index (χ4v) is 4.87. The molecule has 0 spiro atoms. The van der Waals surface area contributed by atoms with E-state index in [-0.39, 0.29) is 32.2 Å². The van der Waals surface area contributed by atoms with Crippen LogP contribution >= 0.6 is 0 Å². The Balaban J connectivity index is 0. The number of carbonyl (C=O) groups is 2. The molecule has 3 unspecified atom stereocenters. The Morgan fingerprint density at radius 2 is 0.952 bits per heavy atom. The number of aliphatic hydroxyl groups is 4. The number of hydrogen-bond donors (Lipinski definition) is 5. The van der Waals surface area contributed by atoms with Gasteiger partial charge in [0.1, 0.15) is 12.7 Å². The molecule has 252 valence electrons. The number of ether oxygens (including phenoxy) is 1. The van der Waals surface area contributed by atoms with Crippen LogP contribution in [0.2, 0.25) is 0 Å². The molecule has 8 nitrogen and oxygen atoms in total. The summed E-state index contributed by atoms with van der Waals surface area (Å²) in [6.07, 6.45) is 25.4. The van der Waals surface area contributed by atoms with Crippen molar-refractivity contribution in [2.75, 3.05) is 19.8 Å². The lowest BCUT2D eigenvalue weighted by atomic mass is 9.94. The second-order valence-electron chi connectivity index (χ2n) is 11.9. The zero-order valence-electron chi connectivity index (χ0n) is 27.3. The van der Waals surface area contributed by atoms with Crippen LogP contribution in [0.4, 0.5) is 0 Å². The van der Waals surface area contributed by atoms with E-state index in [4.69, 9.17) is 25.2 Å². The second-order valence-corrected chi connectivity index (χ2v) is 11.9. The Kier molecular flexibility index (Phi) is 35.0. The average Bonchev–Trinajstić information content (AvgIpc) is 2.98. The van der Waals surface area contributed by atoms with E-state index in [1.165, 1.54) is 109 Å². The number of unbranched alkanes of at least 4 members (excludes halogenated alkanes) is 19. The maximum absolute atomic E-state index is 11.3. The standard InChI is InChI=1S/2C17H34O4/c1-2-3-4-5-6-7-8-9-10-11-12-15(17(20)21)13-16(19)14-18;1-2-3-4-5-6-7-8-9-10-11-12-13-17(20)21-15-16(19)14-18/h15-16,18-19H,2-14H2,1H3,(H,20,21);16,18-19H,2-15H2,1H3. The lowest BCUT2D eigenvalue weighted by molar-refractivity contribution is -0.147. The van der Waals surface area contributed by atoms with Crippen molar-refractivity contribution in [3.63, 3.8) is 0 Å². The van der Waals surface area contributed by atoms with Crippen LogP contribution in [0.5, 0.6) is 0 Å². The number of hydrogen-bond acceptors (Lipinski definition) is 7. The van der Waals surface area contributed by atoms with Crippen molar-refractivity contribution in [2.24, 2.45) is 5.92 Å². The fourth-order valence-electron chi connectivity index (χ4n) is 4.87. The summed E-state index contributed by atoms with van der Waals surface area (Å²) in [5.41, 5.74) is 0. The Bertz CT molecular complexity index is 570. The maximum Gasteiger partial charge on any atom is 0.306 e. The van der Waals surface area contributed by atoms with E-state index >= 15 is 0 Å². The predicted molar refractivity (Wildman–Crippen MR) is 170 cm³/mol. The molecule has 3 atom stereocenters. The van der Waals surface area contributed by atoms with Crippen molar-refractivity contribution in [2.45, 2.75) is 180 Å². The summed E-state index contributed by atoms with van der Waals surface area (Å²) in [5, 5.41) is 44.8. The zero-order valence-corrected chi connectivity index (χ0v) is 27.3. The molecule has 0 fully saturated rings. The minimum Gasteiger partial charge on any atom is -0.481 e. The second kappa shape index (κ2) is 34.3. The molecule has 0 aliphatic rings. The Hall–Kier alpha value is -1.22. The molecule has 0 saturated heterocycles. The van der Waals surface area contributed by atoms with Crippen LogP contribution in [0.3, 0.4) is 0 Å². The highest BCUT2D eigenvalue weighted by Gasteiger charge is 2.20. The number of aliphatic hydroxyl groups excluding tert-OH is 4. The minimum absolute atomic E-state index is 0.104. The van der Waals surface area contributed by atoms with Gasteiger partial charge in [0.05, 0.1) is 25.2 Å². The van der Waals surface area contributed by atoms with Gasteiger partial charge in [-0.15, -0.1) is 0 Å². The smallest absolute Gasteiger partial charge is 0.306 e. The van der Waals surface area contributed by atoms with Crippen molar-refractivity contribution in [3.8, 4) is 0 Å². The molecule has 0 aliphatic heterocycles. The van der Waals surface area contributed by atoms with Crippen molar-refractivity contribution in [1.82, 2.24) is 0 Å². The van der Waals surface area contributed by atoms with Gasteiger partial charge in [0.15, 0.2) is 0 Å². The first-order chi connectivity index (χ1) is 20.3. The number of rotatable bonds is 30. The van der Waals surface area contributed by atoms with Crippen molar-refractivity contribution in [1.29, 1.82) is 0 Å². The van der Waals surface area contributed by atoms with E-state index in [0.29, 0.717) is 12.8 Å². The summed E-state index contributed by atoms with van der Waals surface area (Å²) in [4.78, 5) is 22.4. The van der Waals surface area contributed by atoms with Crippen molar-refractivity contribution in [3.05, 3.63) is 0 Å². The first kappa shape index (κ1) is 42.9. The summed E-state index contributed by atoms with van der Waals surface area (Å²) in [6, 6.07) is 0. The highest BCUT2D eigenvalue weighted by Crippen LogP contribution is 2.18. The van der Waals surface area contributed by atoms with Crippen molar-refractivity contribution < 1.29 is 39.9 Å². The van der Waals surface area contributed by atoms with Gasteiger partial charge in [-0.25, -0.2) is 0 Å². The van der Waals surface area contributed by atoms with Gasteiger partial charge in [0.2, 0.25) is 0 Å². The molecule has 0 aromatic rings. The first-order valence-electron chi connectivity index (χ1n) is 17.3.